The van der Waals surface area contributed by atoms with Gasteiger partial charge >= 0.3 is 0 Å². The first-order chi connectivity index (χ1) is 10.6. The molecule has 0 aromatic heterocycles. The molecule has 0 unspecified atom stereocenters. The minimum atomic E-state index is -0.158. The summed E-state index contributed by atoms with van der Waals surface area (Å²) in [5.74, 6) is 0.656. The van der Waals surface area contributed by atoms with Crippen molar-refractivity contribution in [2.45, 2.75) is 39.8 Å². The van der Waals surface area contributed by atoms with Gasteiger partial charge in [-0.05, 0) is 45.1 Å². The second-order valence-electron chi connectivity index (χ2n) is 5.64. The predicted molar refractivity (Wildman–Crippen MR) is 91.5 cm³/mol. The molecule has 0 saturated heterocycles. The van der Waals surface area contributed by atoms with Crippen molar-refractivity contribution in [2.75, 3.05) is 27.2 Å². The molecule has 0 aliphatic rings. The Morgan fingerprint density at radius 1 is 1.23 bits per heavy atom. The van der Waals surface area contributed by atoms with E-state index < -0.39 is 0 Å². The molecule has 1 rings (SSSR count). The van der Waals surface area contributed by atoms with Gasteiger partial charge in [-0.15, -0.1) is 0 Å². The van der Waals surface area contributed by atoms with Gasteiger partial charge in [0.2, 0.25) is 0 Å². The van der Waals surface area contributed by atoms with Crippen LogP contribution in [0.5, 0.6) is 0 Å². The van der Waals surface area contributed by atoms with Crippen LogP contribution in [0.1, 0.15) is 37.8 Å². The van der Waals surface area contributed by atoms with Crippen molar-refractivity contribution in [1.82, 2.24) is 15.5 Å². The molecule has 0 saturated carbocycles. The van der Waals surface area contributed by atoms with Crippen molar-refractivity contribution in [3.8, 4) is 0 Å². The van der Waals surface area contributed by atoms with Gasteiger partial charge in [0.05, 0.1) is 6.54 Å². The Morgan fingerprint density at radius 3 is 2.64 bits per heavy atom. The van der Waals surface area contributed by atoms with Crippen LogP contribution in [0.25, 0.3) is 0 Å². The van der Waals surface area contributed by atoms with Gasteiger partial charge in [0.25, 0.3) is 0 Å². The van der Waals surface area contributed by atoms with Gasteiger partial charge in [-0.2, -0.15) is 0 Å². The monoisotopic (exact) mass is 308 g/mol. The number of hydrogen-bond acceptors (Lipinski definition) is 2. The van der Waals surface area contributed by atoms with Gasteiger partial charge in [0, 0.05) is 25.2 Å². The molecule has 0 amide bonds. The van der Waals surface area contributed by atoms with Gasteiger partial charge < -0.3 is 15.5 Å². The average molecular weight is 308 g/mol. The summed E-state index contributed by atoms with van der Waals surface area (Å²) in [4.78, 5) is 6.52. The van der Waals surface area contributed by atoms with Gasteiger partial charge in [0.15, 0.2) is 5.96 Å². The fourth-order valence-electron chi connectivity index (χ4n) is 2.08. The summed E-state index contributed by atoms with van der Waals surface area (Å²) in [6.07, 6.45) is 2.27. The van der Waals surface area contributed by atoms with Crippen molar-refractivity contribution < 1.29 is 4.39 Å². The van der Waals surface area contributed by atoms with Gasteiger partial charge in [-0.1, -0.05) is 19.4 Å². The molecule has 0 aliphatic carbocycles. The third-order valence-corrected chi connectivity index (χ3v) is 3.18. The first kappa shape index (κ1) is 18.4. The van der Waals surface area contributed by atoms with Crippen molar-refractivity contribution in [2.24, 2.45) is 4.99 Å². The number of rotatable bonds is 8. The highest BCUT2D eigenvalue weighted by atomic mass is 19.1. The Kier molecular flexibility index (Phi) is 8.51. The molecule has 124 valence electrons. The fraction of sp³-hybridized carbons (Fsp3) is 0.588. The summed E-state index contributed by atoms with van der Waals surface area (Å²) in [5, 5.41) is 6.53. The van der Waals surface area contributed by atoms with Crippen LogP contribution in [0.3, 0.4) is 0 Å². The first-order valence-corrected chi connectivity index (χ1v) is 8.01. The number of nitrogens with zero attached hydrogens (tertiary/aromatic N) is 2. The molecule has 0 aliphatic heterocycles. The van der Waals surface area contributed by atoms with Crippen LogP contribution >= 0.6 is 0 Å². The molecular weight excluding hydrogens is 279 g/mol. The van der Waals surface area contributed by atoms with Crippen LogP contribution in [-0.2, 0) is 13.1 Å². The molecule has 0 spiro atoms. The Balaban J connectivity index is 2.72. The van der Waals surface area contributed by atoms with Crippen LogP contribution in [0.15, 0.2) is 23.2 Å². The zero-order valence-electron chi connectivity index (χ0n) is 14.2. The Morgan fingerprint density at radius 2 is 2.00 bits per heavy atom. The van der Waals surface area contributed by atoms with E-state index in [1.165, 1.54) is 6.07 Å². The van der Waals surface area contributed by atoms with E-state index in [0.717, 1.165) is 37.5 Å². The summed E-state index contributed by atoms with van der Waals surface area (Å²) < 4.78 is 13.8. The third-order valence-electron chi connectivity index (χ3n) is 3.18. The maximum absolute atomic E-state index is 13.8. The van der Waals surface area contributed by atoms with E-state index in [0.29, 0.717) is 18.7 Å². The highest BCUT2D eigenvalue weighted by Gasteiger charge is 2.05. The minimum Gasteiger partial charge on any atom is -0.357 e. The van der Waals surface area contributed by atoms with Gasteiger partial charge in [-0.25, -0.2) is 9.38 Å². The number of benzene rings is 1. The number of hydrogen-bond donors (Lipinski definition) is 2. The van der Waals surface area contributed by atoms with E-state index in [9.17, 15) is 4.39 Å². The average Bonchev–Trinajstić information content (AvgIpc) is 2.47. The Bertz CT molecular complexity index is 472. The molecule has 0 fully saturated rings. The molecule has 4 nitrogen and oxygen atoms in total. The smallest absolute Gasteiger partial charge is 0.191 e. The minimum absolute atomic E-state index is 0.158. The second-order valence-corrected chi connectivity index (χ2v) is 5.64. The molecule has 0 radical (unpaired) electrons. The van der Waals surface area contributed by atoms with Crippen molar-refractivity contribution in [3.63, 3.8) is 0 Å². The normalized spacial score (nSPS) is 11.8. The van der Waals surface area contributed by atoms with E-state index in [4.69, 9.17) is 0 Å². The van der Waals surface area contributed by atoms with E-state index >= 15 is 0 Å². The largest absolute Gasteiger partial charge is 0.357 e. The lowest BCUT2D eigenvalue weighted by Crippen LogP contribution is -2.37. The highest BCUT2D eigenvalue weighted by Crippen LogP contribution is 2.13. The Labute approximate surface area is 133 Å². The standard InChI is InChI=1S/C17H29FN4/c1-5-7-10-20-17(19-6-2)21-12-14-8-9-16(18)15(11-14)13-22(3)4/h8-9,11H,5-7,10,12-13H2,1-4H3,(H2,19,20,21). The summed E-state index contributed by atoms with van der Waals surface area (Å²) in [6.45, 7) is 7.09. The molecule has 1 aromatic carbocycles. The molecule has 0 heterocycles. The zero-order chi connectivity index (χ0) is 16.4. The van der Waals surface area contributed by atoms with Crippen molar-refractivity contribution in [1.29, 1.82) is 0 Å². The maximum Gasteiger partial charge on any atom is 0.191 e. The first-order valence-electron chi connectivity index (χ1n) is 8.01. The molecule has 22 heavy (non-hydrogen) atoms. The number of unbranched alkanes of at least 4 members (excludes halogenated alkanes) is 1. The van der Waals surface area contributed by atoms with Gasteiger partial charge in [0.1, 0.15) is 5.82 Å². The maximum atomic E-state index is 13.8. The zero-order valence-corrected chi connectivity index (χ0v) is 14.2. The van der Waals surface area contributed by atoms with Crippen LogP contribution < -0.4 is 10.6 Å². The number of nitrogens with one attached hydrogen (secondary N) is 2. The van der Waals surface area contributed by atoms with Gasteiger partial charge in [-0.3, -0.25) is 0 Å². The topological polar surface area (TPSA) is 39.7 Å². The molecule has 5 heteroatoms. The molecule has 0 atom stereocenters. The molecule has 0 bridgehead atoms. The third kappa shape index (κ3) is 6.89. The lowest BCUT2D eigenvalue weighted by atomic mass is 10.1. The highest BCUT2D eigenvalue weighted by molar-refractivity contribution is 5.79. The Hall–Kier alpha value is -1.62. The van der Waals surface area contributed by atoms with E-state index in [1.54, 1.807) is 6.07 Å². The molecular formula is C17H29FN4. The van der Waals surface area contributed by atoms with E-state index in [-0.39, 0.29) is 5.82 Å². The van der Waals surface area contributed by atoms with Crippen LogP contribution in [0, 0.1) is 5.82 Å². The van der Waals surface area contributed by atoms with Crippen molar-refractivity contribution >= 4 is 5.96 Å². The van der Waals surface area contributed by atoms with Crippen LogP contribution in [0.2, 0.25) is 0 Å². The molecule has 1 aromatic rings. The van der Waals surface area contributed by atoms with Crippen LogP contribution in [-0.4, -0.2) is 38.0 Å². The number of aliphatic imine (C=N–C) groups is 1. The fourth-order valence-corrected chi connectivity index (χ4v) is 2.08. The second kappa shape index (κ2) is 10.2. The number of halogens is 1. The summed E-state index contributed by atoms with van der Waals surface area (Å²) in [5.41, 5.74) is 1.73. The lowest BCUT2D eigenvalue weighted by Gasteiger charge is -2.13. The quantitative estimate of drug-likeness (QED) is 0.441. The van der Waals surface area contributed by atoms with E-state index in [2.05, 4.69) is 22.5 Å². The lowest BCUT2D eigenvalue weighted by molar-refractivity contribution is 0.392. The molecule has 2 N–H and O–H groups in total. The summed E-state index contributed by atoms with van der Waals surface area (Å²) >= 11 is 0. The summed E-state index contributed by atoms with van der Waals surface area (Å²) in [7, 11) is 3.87. The van der Waals surface area contributed by atoms with Crippen LogP contribution in [0.4, 0.5) is 4.39 Å². The predicted octanol–water partition coefficient (Wildman–Crippen LogP) is 2.74. The SMILES string of the molecule is CCCCNC(=NCc1ccc(F)c(CN(C)C)c1)NCC. The van der Waals surface area contributed by atoms with Crippen molar-refractivity contribution in [3.05, 3.63) is 35.1 Å². The number of guanidine groups is 1. The summed E-state index contributed by atoms with van der Waals surface area (Å²) in [6, 6.07) is 5.23. The van der Waals surface area contributed by atoms with E-state index in [1.807, 2.05) is 32.0 Å².